The predicted molar refractivity (Wildman–Crippen MR) is 72.4 cm³/mol. The van der Waals surface area contributed by atoms with Gasteiger partial charge in [0, 0.05) is 0 Å². The molecule has 0 N–H and O–H groups in total. The Morgan fingerprint density at radius 3 is 2.30 bits per heavy atom. The van der Waals surface area contributed by atoms with E-state index in [1.807, 2.05) is 31.5 Å². The molecule has 0 atom stereocenters. The molecule has 0 amide bonds. The normalized spacial score (nSPS) is 12.9. The minimum Gasteiger partial charge on any atom is -0.457 e. The van der Waals surface area contributed by atoms with E-state index < -0.39 is 11.7 Å². The highest BCUT2D eigenvalue weighted by Crippen LogP contribution is 2.31. The van der Waals surface area contributed by atoms with Crippen molar-refractivity contribution < 1.29 is 17.9 Å². The predicted octanol–water partition coefficient (Wildman–Crippen LogP) is 3.81. The lowest BCUT2D eigenvalue weighted by atomic mass is 9.73. The molecule has 0 bridgehead atoms. The van der Waals surface area contributed by atoms with E-state index in [1.165, 1.54) is 12.1 Å². The molecule has 1 aliphatic rings. The highest BCUT2D eigenvalue weighted by molar-refractivity contribution is 6.62. The molecule has 1 heterocycles. The van der Waals surface area contributed by atoms with Crippen LogP contribution in [0.1, 0.15) is 11.1 Å². The molecule has 0 saturated heterocycles. The van der Waals surface area contributed by atoms with Crippen molar-refractivity contribution in [3.63, 3.8) is 0 Å². The number of hydrogen-bond donors (Lipinski definition) is 0. The van der Waals surface area contributed by atoms with Crippen LogP contribution in [0.4, 0.5) is 13.2 Å². The molecule has 1 radical (unpaired) electrons. The smallest absolute Gasteiger partial charge is 0.416 e. The van der Waals surface area contributed by atoms with Gasteiger partial charge >= 0.3 is 6.18 Å². The summed E-state index contributed by atoms with van der Waals surface area (Å²) >= 11 is 0. The molecule has 1 aliphatic heterocycles. The molecule has 2 aromatic carbocycles. The van der Waals surface area contributed by atoms with Crippen LogP contribution in [0.15, 0.2) is 48.4 Å². The Bertz CT molecular complexity index is 660. The number of rotatable bonds is 2. The van der Waals surface area contributed by atoms with Gasteiger partial charge in [-0.25, -0.2) is 0 Å². The number of fused-ring (bicyclic) bond motifs is 1. The third kappa shape index (κ3) is 2.57. The van der Waals surface area contributed by atoms with E-state index in [0.29, 0.717) is 11.5 Å². The second-order valence-corrected chi connectivity index (χ2v) is 4.44. The maximum absolute atomic E-state index is 12.4. The fourth-order valence-corrected chi connectivity index (χ4v) is 2.02. The lowest BCUT2D eigenvalue weighted by molar-refractivity contribution is -0.137. The van der Waals surface area contributed by atoms with Crippen LogP contribution in [0, 0.1) is 0 Å². The standard InChI is InChI=1S/C15H9BF3O/c17-15(18,19)11-2-5-12(6-3-11)20-13-4-1-10-7-8-16-14(10)9-13/h1-9H. The van der Waals surface area contributed by atoms with Gasteiger partial charge in [0.15, 0.2) is 7.28 Å². The Hall–Kier alpha value is -2.17. The fourth-order valence-electron chi connectivity index (χ4n) is 2.02. The van der Waals surface area contributed by atoms with Gasteiger partial charge in [0.05, 0.1) is 5.56 Å². The first-order valence-electron chi connectivity index (χ1n) is 6.03. The molecular weight excluding hydrogens is 264 g/mol. The summed E-state index contributed by atoms with van der Waals surface area (Å²) in [5, 5.41) is 0. The number of ether oxygens (including phenoxy) is 1. The quantitative estimate of drug-likeness (QED) is 0.756. The van der Waals surface area contributed by atoms with Gasteiger partial charge in [-0.1, -0.05) is 17.6 Å². The summed E-state index contributed by atoms with van der Waals surface area (Å²) in [5.74, 6) is 2.92. The summed E-state index contributed by atoms with van der Waals surface area (Å²) in [6.45, 7) is 0. The third-order valence-corrected chi connectivity index (χ3v) is 3.03. The second kappa shape index (κ2) is 4.74. The highest BCUT2D eigenvalue weighted by Gasteiger charge is 2.30. The molecule has 0 aliphatic carbocycles. The summed E-state index contributed by atoms with van der Waals surface area (Å²) in [5.41, 5.74) is 1.45. The van der Waals surface area contributed by atoms with Crippen molar-refractivity contribution in [3.05, 3.63) is 59.6 Å². The summed E-state index contributed by atoms with van der Waals surface area (Å²) in [7, 11) is 1.95. The molecule has 20 heavy (non-hydrogen) atoms. The number of halogens is 3. The van der Waals surface area contributed by atoms with Crippen LogP contribution in [0.3, 0.4) is 0 Å². The van der Waals surface area contributed by atoms with Crippen LogP contribution in [0.5, 0.6) is 11.5 Å². The SMILES string of the molecule is FC(F)(F)c1ccc(Oc2ccc3c(c2)[B]C=C3)cc1. The van der Waals surface area contributed by atoms with E-state index in [-0.39, 0.29) is 0 Å². The molecule has 2 aromatic rings. The largest absolute Gasteiger partial charge is 0.457 e. The van der Waals surface area contributed by atoms with E-state index in [9.17, 15) is 13.2 Å². The molecule has 0 saturated carbocycles. The van der Waals surface area contributed by atoms with Gasteiger partial charge in [0.25, 0.3) is 0 Å². The summed E-state index contributed by atoms with van der Waals surface area (Å²) in [6.07, 6.45) is -2.34. The number of benzene rings is 2. The Morgan fingerprint density at radius 2 is 1.60 bits per heavy atom. The van der Waals surface area contributed by atoms with Crippen LogP contribution in [0.2, 0.25) is 0 Å². The van der Waals surface area contributed by atoms with Crippen LogP contribution in [-0.4, -0.2) is 7.28 Å². The molecular formula is C15H9BF3O. The maximum atomic E-state index is 12.4. The topological polar surface area (TPSA) is 9.23 Å². The molecule has 0 spiro atoms. The maximum Gasteiger partial charge on any atom is 0.416 e. The highest BCUT2D eigenvalue weighted by atomic mass is 19.4. The van der Waals surface area contributed by atoms with Crippen molar-refractivity contribution in [1.82, 2.24) is 0 Å². The first kappa shape index (κ1) is 12.8. The van der Waals surface area contributed by atoms with Crippen LogP contribution >= 0.6 is 0 Å². The van der Waals surface area contributed by atoms with Gasteiger partial charge in [0.1, 0.15) is 11.5 Å². The Kier molecular flexibility index (Phi) is 3.05. The van der Waals surface area contributed by atoms with E-state index in [0.717, 1.165) is 23.2 Å². The first-order chi connectivity index (χ1) is 9.52. The van der Waals surface area contributed by atoms with E-state index in [1.54, 1.807) is 6.07 Å². The van der Waals surface area contributed by atoms with E-state index in [4.69, 9.17) is 4.74 Å². The molecule has 1 nitrogen and oxygen atoms in total. The first-order valence-corrected chi connectivity index (χ1v) is 6.03. The van der Waals surface area contributed by atoms with Crippen molar-refractivity contribution in [3.8, 4) is 11.5 Å². The Labute approximate surface area is 114 Å². The summed E-state index contributed by atoms with van der Waals surface area (Å²) in [4.78, 5) is 0. The number of hydrogen-bond acceptors (Lipinski definition) is 1. The minimum absolute atomic E-state index is 0.379. The minimum atomic E-state index is -4.33. The van der Waals surface area contributed by atoms with Gasteiger partial charge in [-0.2, -0.15) is 13.2 Å². The van der Waals surface area contributed by atoms with Crippen molar-refractivity contribution >= 4 is 18.8 Å². The average molecular weight is 273 g/mol. The van der Waals surface area contributed by atoms with Crippen LogP contribution in [-0.2, 0) is 6.18 Å². The number of alkyl halides is 3. The second-order valence-electron chi connectivity index (χ2n) is 4.44. The monoisotopic (exact) mass is 273 g/mol. The van der Waals surface area contributed by atoms with Gasteiger partial charge < -0.3 is 4.74 Å². The molecule has 0 fully saturated rings. The van der Waals surface area contributed by atoms with E-state index >= 15 is 0 Å². The van der Waals surface area contributed by atoms with Crippen molar-refractivity contribution in [1.29, 1.82) is 0 Å². The third-order valence-electron chi connectivity index (χ3n) is 3.03. The molecule has 3 rings (SSSR count). The Balaban J connectivity index is 1.78. The van der Waals surface area contributed by atoms with Crippen LogP contribution < -0.4 is 10.2 Å². The zero-order valence-corrected chi connectivity index (χ0v) is 10.3. The Morgan fingerprint density at radius 1 is 0.900 bits per heavy atom. The van der Waals surface area contributed by atoms with Gasteiger partial charge in [0.2, 0.25) is 0 Å². The molecule has 0 unspecified atom stereocenters. The van der Waals surface area contributed by atoms with Gasteiger partial charge in [-0.15, -0.1) is 5.98 Å². The zero-order valence-electron chi connectivity index (χ0n) is 10.3. The molecule has 99 valence electrons. The molecule has 5 heteroatoms. The fraction of sp³-hybridized carbons (Fsp3) is 0.0667. The summed E-state index contributed by atoms with van der Waals surface area (Å²) < 4.78 is 42.9. The van der Waals surface area contributed by atoms with Gasteiger partial charge in [-0.3, -0.25) is 0 Å². The van der Waals surface area contributed by atoms with Gasteiger partial charge in [-0.05, 0) is 42.0 Å². The van der Waals surface area contributed by atoms with Crippen molar-refractivity contribution in [2.45, 2.75) is 6.18 Å². The summed E-state index contributed by atoms with van der Waals surface area (Å²) in [6, 6.07) is 10.2. The lowest BCUT2D eigenvalue weighted by Crippen LogP contribution is -2.10. The van der Waals surface area contributed by atoms with E-state index in [2.05, 4.69) is 0 Å². The molecule has 0 aromatic heterocycles. The zero-order chi connectivity index (χ0) is 14.2. The average Bonchev–Trinajstić information content (AvgIpc) is 2.86. The van der Waals surface area contributed by atoms with Crippen molar-refractivity contribution in [2.75, 3.05) is 0 Å². The van der Waals surface area contributed by atoms with Crippen molar-refractivity contribution in [2.24, 2.45) is 0 Å². The van der Waals surface area contributed by atoms with Crippen LogP contribution in [0.25, 0.3) is 6.08 Å². The lowest BCUT2D eigenvalue weighted by Gasteiger charge is -2.10.